The van der Waals surface area contributed by atoms with Gasteiger partial charge < -0.3 is 29.7 Å². The third kappa shape index (κ3) is 6.40. The van der Waals surface area contributed by atoms with Gasteiger partial charge in [-0.25, -0.2) is 0 Å². The molecule has 5 bridgehead atoms. The number of fused-ring (bicyclic) bond motifs is 2. The van der Waals surface area contributed by atoms with E-state index in [-0.39, 0.29) is 50.4 Å². The van der Waals surface area contributed by atoms with Gasteiger partial charge in [0.1, 0.15) is 29.8 Å². The summed E-state index contributed by atoms with van der Waals surface area (Å²) in [5.41, 5.74) is 0.225. The second-order valence-electron chi connectivity index (χ2n) is 12.6. The van der Waals surface area contributed by atoms with E-state index in [0.29, 0.717) is 29.3 Å². The van der Waals surface area contributed by atoms with E-state index < -0.39 is 47.7 Å². The fraction of sp³-hybridized carbons (Fsp3) is 0.444. The minimum Gasteiger partial charge on any atom is -0.455 e. The van der Waals surface area contributed by atoms with Crippen molar-refractivity contribution in [3.8, 4) is 0 Å². The van der Waals surface area contributed by atoms with Gasteiger partial charge in [-0.05, 0) is 43.4 Å². The number of unbranched alkanes of at least 4 members (excludes halogenated alkanes) is 1. The smallest absolute Gasteiger partial charge is 0.313 e. The first-order valence-electron chi connectivity index (χ1n) is 16.2. The molecule has 6 rings (SSSR count). The van der Waals surface area contributed by atoms with Crippen LogP contribution in [0.3, 0.4) is 0 Å². The van der Waals surface area contributed by atoms with Gasteiger partial charge in [0, 0.05) is 37.1 Å². The van der Waals surface area contributed by atoms with E-state index in [9.17, 15) is 24.3 Å². The molecule has 2 saturated heterocycles. The Hall–Kier alpha value is -3.80. The van der Waals surface area contributed by atoms with Crippen LogP contribution in [0.15, 0.2) is 83.4 Å². The van der Waals surface area contributed by atoms with Gasteiger partial charge in [0.15, 0.2) is 0 Å². The number of carbonyl (C=O) groups excluding carboxylic acids is 4. The molecule has 0 saturated carbocycles. The molecule has 2 fully saturated rings. The second kappa shape index (κ2) is 14.1. The van der Waals surface area contributed by atoms with Crippen molar-refractivity contribution in [2.24, 2.45) is 11.8 Å². The Morgan fingerprint density at radius 2 is 1.68 bits per heavy atom. The Balaban J connectivity index is 1.43. The molecule has 2 N–H and O–H groups in total. The molecule has 3 amide bonds. The van der Waals surface area contributed by atoms with E-state index in [0.717, 1.165) is 5.56 Å². The van der Waals surface area contributed by atoms with Crippen molar-refractivity contribution in [2.45, 2.75) is 69.0 Å². The van der Waals surface area contributed by atoms with Crippen molar-refractivity contribution >= 4 is 39.6 Å². The molecular weight excluding hydrogens is 666 g/mol. The van der Waals surface area contributed by atoms with Crippen molar-refractivity contribution in [3.63, 3.8) is 0 Å². The number of cyclic esters (lactones) is 1. The Morgan fingerprint density at radius 1 is 0.957 bits per heavy atom. The first kappa shape index (κ1) is 33.1. The molecule has 47 heavy (non-hydrogen) atoms. The maximum absolute atomic E-state index is 14.8. The fourth-order valence-electron chi connectivity index (χ4n) is 7.35. The van der Waals surface area contributed by atoms with Crippen LogP contribution in [0.2, 0.25) is 0 Å². The van der Waals surface area contributed by atoms with Gasteiger partial charge in [-0.3, -0.25) is 19.2 Å². The predicted octanol–water partition coefficient (Wildman–Crippen LogP) is 3.80. The normalized spacial score (nSPS) is 31.8. The molecule has 4 aliphatic heterocycles. The summed E-state index contributed by atoms with van der Waals surface area (Å²) in [7, 11) is 0. The molecule has 10 nitrogen and oxygen atoms in total. The molecule has 0 aromatic heterocycles. The van der Waals surface area contributed by atoms with Gasteiger partial charge in [-0.15, -0.1) is 0 Å². The zero-order valence-electron chi connectivity index (χ0n) is 26.3. The Kier molecular flexibility index (Phi) is 9.96. The number of amides is 3. The minimum atomic E-state index is -1.39. The first-order valence-corrected chi connectivity index (χ1v) is 17.0. The number of rotatable bonds is 7. The Bertz CT molecular complexity index is 1550. The number of carbonyl (C=O) groups is 4. The topological polar surface area (TPSA) is 125 Å². The van der Waals surface area contributed by atoms with Crippen LogP contribution in [0.4, 0.5) is 0 Å². The number of ether oxygens (including phenoxy) is 2. The van der Waals surface area contributed by atoms with Crippen LogP contribution in [-0.2, 0) is 35.2 Å². The molecule has 2 aromatic carbocycles. The molecule has 7 atom stereocenters. The van der Waals surface area contributed by atoms with Gasteiger partial charge in [0.05, 0.1) is 12.0 Å². The molecule has 248 valence electrons. The van der Waals surface area contributed by atoms with Crippen LogP contribution < -0.4 is 5.32 Å². The molecule has 2 aromatic rings. The molecule has 4 aliphatic rings. The van der Waals surface area contributed by atoms with E-state index in [2.05, 4.69) is 21.2 Å². The largest absolute Gasteiger partial charge is 0.455 e. The zero-order chi connectivity index (χ0) is 33.1. The molecule has 0 radical (unpaired) electrons. The summed E-state index contributed by atoms with van der Waals surface area (Å²) in [6.07, 6.45) is 5.51. The lowest BCUT2D eigenvalue weighted by Gasteiger charge is -2.36. The third-order valence-electron chi connectivity index (χ3n) is 9.51. The van der Waals surface area contributed by atoms with E-state index in [1.807, 2.05) is 72.8 Å². The Labute approximate surface area is 282 Å². The van der Waals surface area contributed by atoms with Crippen LogP contribution in [0.5, 0.6) is 0 Å². The lowest BCUT2D eigenvalue weighted by atomic mass is 9.74. The molecule has 4 heterocycles. The Morgan fingerprint density at radius 3 is 2.40 bits per heavy atom. The van der Waals surface area contributed by atoms with Gasteiger partial charge in [-0.2, -0.15) is 0 Å². The summed E-state index contributed by atoms with van der Waals surface area (Å²) < 4.78 is 13.4. The van der Waals surface area contributed by atoms with Crippen LogP contribution in [-0.4, -0.2) is 82.1 Å². The third-order valence-corrected chi connectivity index (χ3v) is 10.2. The molecule has 1 spiro atoms. The maximum Gasteiger partial charge on any atom is 0.313 e. The lowest BCUT2D eigenvalue weighted by molar-refractivity contribution is -0.161. The van der Waals surface area contributed by atoms with E-state index >= 15 is 0 Å². The van der Waals surface area contributed by atoms with E-state index in [4.69, 9.17) is 9.47 Å². The molecule has 11 heteroatoms. The maximum atomic E-state index is 14.8. The van der Waals surface area contributed by atoms with Crippen LogP contribution in [0, 0.1) is 11.8 Å². The number of esters is 1. The van der Waals surface area contributed by atoms with Crippen LogP contribution >= 0.6 is 15.9 Å². The number of nitrogens with zero attached hydrogens (tertiary/aromatic N) is 2. The average Bonchev–Trinajstić information content (AvgIpc) is 3.66. The number of hydrogen-bond acceptors (Lipinski definition) is 7. The zero-order valence-corrected chi connectivity index (χ0v) is 27.9. The lowest BCUT2D eigenvalue weighted by Crippen LogP contribution is -2.55. The van der Waals surface area contributed by atoms with Crippen molar-refractivity contribution in [2.75, 3.05) is 19.7 Å². The highest BCUT2D eigenvalue weighted by molar-refractivity contribution is 9.11. The highest BCUT2D eigenvalue weighted by Gasteiger charge is 2.74. The standard InChI is InChI=1S/C36H40BrN3O7/c1-23-30(25-15-7-3-8-16-25)46-35(45)28-29-33(43)40(19-11-12-20-41)32(36(29)21-26(37)31(28)47-36)34(44)39(22-24-13-5-2-6-14-24)18-10-4-9-17-27(42)38-23/h2-8,10,13-16,21,23,28-32,41H,9,11-12,17-20,22H2,1H3,(H,38,42)/b10-4-/t23-,28+,29-,30+,31+,32+,36-/m1/s1. The number of hydrogen-bond donors (Lipinski definition) is 2. The minimum absolute atomic E-state index is 0.0469. The van der Waals surface area contributed by atoms with E-state index in [1.54, 1.807) is 22.8 Å². The van der Waals surface area contributed by atoms with Gasteiger partial charge in [0.2, 0.25) is 17.7 Å². The molecule has 0 unspecified atom stereocenters. The quantitative estimate of drug-likeness (QED) is 0.255. The summed E-state index contributed by atoms with van der Waals surface area (Å²) in [5.74, 6) is -3.49. The number of nitrogens with one attached hydrogen (secondary N) is 1. The van der Waals surface area contributed by atoms with Crippen molar-refractivity contribution in [1.82, 2.24) is 15.1 Å². The summed E-state index contributed by atoms with van der Waals surface area (Å²) in [4.78, 5) is 59.7. The number of aliphatic hydroxyl groups is 1. The summed E-state index contributed by atoms with van der Waals surface area (Å²) in [6.45, 7) is 2.50. The SMILES string of the molecule is C[C@H]1NC(=O)CC/C=C\CN(Cc2ccccc2)C(=O)[C@@H]2N(CCCCO)C(=O)[C@H]3[C@H](C(=O)O[C@@H]1c1ccccc1)[C@H]1O[C@@]23C=C1Br. The van der Waals surface area contributed by atoms with Gasteiger partial charge >= 0.3 is 5.97 Å². The molecule has 0 aliphatic carbocycles. The number of halogens is 1. The van der Waals surface area contributed by atoms with Gasteiger partial charge in [0.25, 0.3) is 0 Å². The number of benzene rings is 2. The number of allylic oxidation sites excluding steroid dienone is 1. The monoisotopic (exact) mass is 705 g/mol. The second-order valence-corrected chi connectivity index (χ2v) is 13.5. The van der Waals surface area contributed by atoms with E-state index in [1.165, 1.54) is 0 Å². The number of aliphatic hydroxyl groups excluding tert-OH is 1. The average molecular weight is 707 g/mol. The fourth-order valence-corrected chi connectivity index (χ4v) is 8.09. The van der Waals surface area contributed by atoms with Crippen LogP contribution in [0.25, 0.3) is 0 Å². The van der Waals surface area contributed by atoms with Crippen molar-refractivity contribution in [1.29, 1.82) is 0 Å². The van der Waals surface area contributed by atoms with Crippen molar-refractivity contribution in [3.05, 3.63) is 94.5 Å². The van der Waals surface area contributed by atoms with Crippen molar-refractivity contribution < 1.29 is 33.8 Å². The summed E-state index contributed by atoms with van der Waals surface area (Å²) >= 11 is 3.60. The highest BCUT2D eigenvalue weighted by Crippen LogP contribution is 2.59. The van der Waals surface area contributed by atoms with Gasteiger partial charge in [-0.1, -0.05) is 88.7 Å². The molecular formula is C36H40BrN3O7. The van der Waals surface area contributed by atoms with Crippen LogP contribution in [0.1, 0.15) is 49.8 Å². The number of likely N-dealkylation sites (tertiary alicyclic amines) is 1. The summed E-state index contributed by atoms with van der Waals surface area (Å²) in [6, 6.07) is 17.2. The predicted molar refractivity (Wildman–Crippen MR) is 177 cm³/mol. The first-order chi connectivity index (χ1) is 22.7. The highest BCUT2D eigenvalue weighted by atomic mass is 79.9. The summed E-state index contributed by atoms with van der Waals surface area (Å²) in [5, 5.41) is 12.5.